The Labute approximate surface area is 249 Å². The maximum atomic E-state index is 14.7. The summed E-state index contributed by atoms with van der Waals surface area (Å²) >= 11 is 0. The zero-order chi connectivity index (χ0) is 27.4. The molecule has 10 nitrogen and oxygen atoms in total. The molecular formula is C29H42ClN6O4P. The molecule has 0 saturated carbocycles. The first-order chi connectivity index (χ1) is 19.6. The lowest BCUT2D eigenvalue weighted by molar-refractivity contribution is -0.132. The Hall–Kier alpha value is -2.49. The molecule has 4 fully saturated rings. The lowest BCUT2D eigenvalue weighted by Gasteiger charge is -2.32. The molecule has 0 aliphatic carbocycles. The molecule has 4 aliphatic rings. The van der Waals surface area contributed by atoms with E-state index in [0.717, 1.165) is 63.4 Å². The fourth-order valence-corrected chi connectivity index (χ4v) is 8.25. The molecule has 6 rings (SSSR count). The fourth-order valence-electron chi connectivity index (χ4n) is 6.07. The van der Waals surface area contributed by atoms with E-state index in [9.17, 15) is 9.36 Å². The van der Waals surface area contributed by atoms with Gasteiger partial charge in [0, 0.05) is 44.1 Å². The van der Waals surface area contributed by atoms with Crippen LogP contribution < -0.4 is 25.2 Å². The van der Waals surface area contributed by atoms with Gasteiger partial charge in [-0.2, -0.15) is 0 Å². The first kappa shape index (κ1) is 30.0. The van der Waals surface area contributed by atoms with E-state index in [1.165, 1.54) is 25.7 Å². The third-order valence-electron chi connectivity index (χ3n) is 8.19. The molecule has 0 bridgehead atoms. The van der Waals surface area contributed by atoms with E-state index in [0.29, 0.717) is 24.5 Å². The molecule has 4 heterocycles. The van der Waals surface area contributed by atoms with Crippen LogP contribution in [-0.2, 0) is 9.36 Å². The average molecular weight is 605 g/mol. The number of rotatable bonds is 10. The van der Waals surface area contributed by atoms with Gasteiger partial charge in [-0.25, -0.2) is 14.6 Å². The topological polar surface area (TPSA) is 98.4 Å². The van der Waals surface area contributed by atoms with E-state index in [1.54, 1.807) is 4.90 Å². The fraction of sp³-hybridized carbons (Fsp3) is 0.552. The molecule has 2 atom stereocenters. The molecule has 41 heavy (non-hydrogen) atoms. The minimum atomic E-state index is -3.83. The number of carbonyl (C=O) groups is 1. The highest BCUT2D eigenvalue weighted by atomic mass is 35.5. The van der Waals surface area contributed by atoms with Crippen LogP contribution in [0.15, 0.2) is 48.5 Å². The molecule has 0 aromatic heterocycles. The van der Waals surface area contributed by atoms with Crippen LogP contribution in [0.4, 0.5) is 11.4 Å². The Balaban J connectivity index is 0.00000337. The van der Waals surface area contributed by atoms with Gasteiger partial charge in [0.25, 0.3) is 0 Å². The van der Waals surface area contributed by atoms with E-state index < -0.39 is 13.4 Å². The van der Waals surface area contributed by atoms with Gasteiger partial charge in [0.15, 0.2) is 5.78 Å². The van der Waals surface area contributed by atoms with Crippen molar-refractivity contribution in [2.75, 3.05) is 50.1 Å². The summed E-state index contributed by atoms with van der Waals surface area (Å²) in [5.41, 5.74) is 8.75. The van der Waals surface area contributed by atoms with Crippen LogP contribution in [0.1, 0.15) is 51.4 Å². The highest BCUT2D eigenvalue weighted by Crippen LogP contribution is 2.57. The average Bonchev–Trinajstić information content (AvgIpc) is 3.79. The molecule has 2 unspecified atom stereocenters. The van der Waals surface area contributed by atoms with Gasteiger partial charge in [0.1, 0.15) is 11.5 Å². The molecule has 2 aromatic rings. The van der Waals surface area contributed by atoms with Crippen LogP contribution in [0, 0.1) is 0 Å². The predicted molar refractivity (Wildman–Crippen MR) is 164 cm³/mol. The second kappa shape index (κ2) is 13.7. The number of nitrogens with one attached hydrogen (secondary N) is 3. The van der Waals surface area contributed by atoms with Crippen LogP contribution >= 0.6 is 20.0 Å². The van der Waals surface area contributed by atoms with Gasteiger partial charge in [-0.15, -0.1) is 12.4 Å². The number of hydrazine groups is 2. The van der Waals surface area contributed by atoms with Crippen LogP contribution in [0.3, 0.4) is 0 Å². The monoisotopic (exact) mass is 604 g/mol. The van der Waals surface area contributed by atoms with Crippen molar-refractivity contribution in [1.29, 1.82) is 0 Å². The number of anilines is 2. The minimum absolute atomic E-state index is 0. The summed E-state index contributed by atoms with van der Waals surface area (Å²) in [6.07, 6.45) is 7.86. The molecule has 12 heteroatoms. The molecule has 2 aromatic carbocycles. The van der Waals surface area contributed by atoms with Gasteiger partial charge in [-0.1, -0.05) is 0 Å². The summed E-state index contributed by atoms with van der Waals surface area (Å²) in [6, 6.07) is 14.7. The predicted octanol–water partition coefficient (Wildman–Crippen LogP) is 5.31. The lowest BCUT2D eigenvalue weighted by Crippen LogP contribution is -2.46. The largest absolute Gasteiger partial charge is 0.453 e. The smallest absolute Gasteiger partial charge is 0.415 e. The maximum absolute atomic E-state index is 14.7. The highest BCUT2D eigenvalue weighted by Gasteiger charge is 2.49. The van der Waals surface area contributed by atoms with Crippen molar-refractivity contribution in [3.63, 3.8) is 0 Å². The Morgan fingerprint density at radius 2 is 1.24 bits per heavy atom. The number of hydrogen-bond acceptors (Lipinski definition) is 9. The molecule has 0 radical (unpaired) electrons. The third-order valence-corrected chi connectivity index (χ3v) is 10.4. The van der Waals surface area contributed by atoms with Crippen LogP contribution in [0.5, 0.6) is 11.5 Å². The van der Waals surface area contributed by atoms with Gasteiger partial charge in [-0.3, -0.25) is 4.79 Å². The van der Waals surface area contributed by atoms with Gasteiger partial charge in [0.05, 0.1) is 6.04 Å². The van der Waals surface area contributed by atoms with Crippen molar-refractivity contribution in [3.05, 3.63) is 48.5 Å². The van der Waals surface area contributed by atoms with Crippen LogP contribution in [0.2, 0.25) is 0 Å². The van der Waals surface area contributed by atoms with Crippen LogP contribution in [0.25, 0.3) is 0 Å². The third kappa shape index (κ3) is 7.30. The SMILES string of the molecule is Cl.O=C(C1CCCN1)N1CCCC1P(=O)(Oc1ccc(NN2CCCC2)cc1)Oc1ccc(NN2CCCC2)cc1. The van der Waals surface area contributed by atoms with Gasteiger partial charge in [-0.05, 0) is 106 Å². The second-order valence-corrected chi connectivity index (χ2v) is 13.2. The maximum Gasteiger partial charge on any atom is 0.453 e. The summed E-state index contributed by atoms with van der Waals surface area (Å²) in [5, 5.41) is 7.69. The van der Waals surface area contributed by atoms with Crippen molar-refractivity contribution in [3.8, 4) is 11.5 Å². The summed E-state index contributed by atoms with van der Waals surface area (Å²) in [7, 11) is -3.83. The second-order valence-electron chi connectivity index (χ2n) is 11.2. The number of halogens is 1. The van der Waals surface area contributed by atoms with E-state index in [-0.39, 0.29) is 24.4 Å². The normalized spacial score (nSPS) is 23.4. The molecular weight excluding hydrogens is 563 g/mol. The Kier molecular flexibility index (Phi) is 9.99. The molecule has 224 valence electrons. The number of likely N-dealkylation sites (tertiary alicyclic amines) is 1. The first-order valence-electron chi connectivity index (χ1n) is 14.8. The van der Waals surface area contributed by atoms with E-state index in [4.69, 9.17) is 9.05 Å². The van der Waals surface area contributed by atoms with Crippen molar-refractivity contribution in [2.45, 2.75) is 63.2 Å². The number of hydrogen-bond donors (Lipinski definition) is 3. The van der Waals surface area contributed by atoms with E-state index >= 15 is 0 Å². The number of carbonyl (C=O) groups excluding carboxylic acids is 1. The zero-order valence-electron chi connectivity index (χ0n) is 23.5. The molecule has 1 amide bonds. The highest BCUT2D eigenvalue weighted by molar-refractivity contribution is 7.55. The Bertz CT molecular complexity index is 1120. The quantitative estimate of drug-likeness (QED) is 0.312. The molecule has 4 aliphatic heterocycles. The van der Waals surface area contributed by atoms with Gasteiger partial charge in [0.2, 0.25) is 5.91 Å². The summed E-state index contributed by atoms with van der Waals surface area (Å²) in [5.74, 6) is 0.261. The Morgan fingerprint density at radius 1 is 0.732 bits per heavy atom. The molecule has 4 saturated heterocycles. The van der Waals surface area contributed by atoms with Gasteiger partial charge >= 0.3 is 7.60 Å². The van der Waals surface area contributed by atoms with Crippen molar-refractivity contribution >= 4 is 37.3 Å². The van der Waals surface area contributed by atoms with Crippen molar-refractivity contribution in [1.82, 2.24) is 20.2 Å². The lowest BCUT2D eigenvalue weighted by atomic mass is 10.2. The van der Waals surface area contributed by atoms with E-state index in [1.807, 2.05) is 48.5 Å². The molecule has 3 N–H and O–H groups in total. The molecule has 0 spiro atoms. The first-order valence-corrected chi connectivity index (χ1v) is 16.4. The Morgan fingerprint density at radius 3 is 1.71 bits per heavy atom. The number of benzene rings is 2. The number of nitrogens with zero attached hydrogens (tertiary/aromatic N) is 3. The van der Waals surface area contributed by atoms with Crippen molar-refractivity contribution in [2.24, 2.45) is 0 Å². The standard InChI is InChI=1S/C29H41N6O4P.ClH/c36-29(27-7-5-17-30-27)35-22-6-8-28(35)40(37,38-25-13-9-23(10-14-25)31-33-18-1-2-19-33)39-26-15-11-24(12-16-26)32-34-20-3-4-21-34;/h9-16,27-28,30-32H,1-8,17-22H2;1H. The zero-order valence-corrected chi connectivity index (χ0v) is 25.2. The minimum Gasteiger partial charge on any atom is -0.415 e. The van der Waals surface area contributed by atoms with Crippen molar-refractivity contribution < 1.29 is 18.4 Å². The summed E-state index contributed by atoms with van der Waals surface area (Å²) < 4.78 is 27.2. The van der Waals surface area contributed by atoms with E-state index in [2.05, 4.69) is 26.2 Å². The number of amides is 1. The summed E-state index contributed by atoms with van der Waals surface area (Å²) in [6.45, 7) is 5.47. The van der Waals surface area contributed by atoms with Crippen LogP contribution in [-0.4, -0.2) is 71.9 Å². The van der Waals surface area contributed by atoms with Gasteiger partial charge < -0.3 is 30.1 Å². The summed E-state index contributed by atoms with van der Waals surface area (Å²) in [4.78, 5) is 15.2.